The molecule has 0 saturated heterocycles. The largest absolute Gasteiger partial charge is 0.369 e. The van der Waals surface area contributed by atoms with Crippen molar-refractivity contribution in [3.63, 3.8) is 0 Å². The summed E-state index contributed by atoms with van der Waals surface area (Å²) in [7, 11) is 1.62. The van der Waals surface area contributed by atoms with Crippen LogP contribution in [0.4, 0.5) is 4.39 Å². The number of nitrogens with zero attached hydrogens (tertiary/aromatic N) is 3. The van der Waals surface area contributed by atoms with Crippen molar-refractivity contribution in [3.8, 4) is 6.07 Å². The van der Waals surface area contributed by atoms with E-state index in [1.807, 2.05) is 12.3 Å². The molecule has 1 aliphatic heterocycles. The highest BCUT2D eigenvalue weighted by Crippen LogP contribution is 2.22. The van der Waals surface area contributed by atoms with Crippen LogP contribution in [0.5, 0.6) is 0 Å². The first-order valence-corrected chi connectivity index (χ1v) is 7.98. The van der Waals surface area contributed by atoms with Crippen LogP contribution in [0.25, 0.3) is 0 Å². The molecule has 1 heterocycles. The molecule has 0 unspecified atom stereocenters. The average molecular weight is 324 g/mol. The van der Waals surface area contributed by atoms with Crippen LogP contribution in [-0.4, -0.2) is 18.6 Å². The van der Waals surface area contributed by atoms with E-state index in [1.165, 1.54) is 12.1 Å². The molecular formula is C19H21FN4. The second-order valence-corrected chi connectivity index (χ2v) is 5.45. The van der Waals surface area contributed by atoms with E-state index in [0.29, 0.717) is 12.3 Å². The van der Waals surface area contributed by atoms with Crippen molar-refractivity contribution in [1.29, 1.82) is 5.26 Å². The van der Waals surface area contributed by atoms with Gasteiger partial charge < -0.3 is 5.32 Å². The molecule has 1 aliphatic rings. The molecule has 0 spiro atoms. The molecule has 124 valence electrons. The van der Waals surface area contributed by atoms with Crippen LogP contribution in [0.15, 0.2) is 57.7 Å². The first kappa shape index (κ1) is 17.6. The normalized spacial score (nSPS) is 15.4. The number of benzene rings is 1. The summed E-state index contributed by atoms with van der Waals surface area (Å²) in [4.78, 5) is 8.43. The van der Waals surface area contributed by atoms with Gasteiger partial charge >= 0.3 is 0 Å². The summed E-state index contributed by atoms with van der Waals surface area (Å²) in [6.45, 7) is 2.68. The fourth-order valence-electron chi connectivity index (χ4n) is 2.46. The molecule has 0 bridgehead atoms. The van der Waals surface area contributed by atoms with E-state index in [4.69, 9.17) is 5.26 Å². The number of hydrogen-bond acceptors (Lipinski definition) is 4. The Labute approximate surface area is 142 Å². The Morgan fingerprint density at radius 3 is 2.67 bits per heavy atom. The van der Waals surface area contributed by atoms with Crippen LogP contribution >= 0.6 is 0 Å². The van der Waals surface area contributed by atoms with Crippen LogP contribution in [0.3, 0.4) is 0 Å². The van der Waals surface area contributed by atoms with Gasteiger partial charge in [-0.15, -0.1) is 0 Å². The fourth-order valence-corrected chi connectivity index (χ4v) is 2.46. The van der Waals surface area contributed by atoms with Gasteiger partial charge in [-0.3, -0.25) is 4.99 Å². The zero-order chi connectivity index (χ0) is 17.4. The lowest BCUT2D eigenvalue weighted by Gasteiger charge is -2.17. The minimum atomic E-state index is -0.229. The van der Waals surface area contributed by atoms with Gasteiger partial charge in [0.05, 0.1) is 0 Å². The predicted molar refractivity (Wildman–Crippen MR) is 95.3 cm³/mol. The maximum atomic E-state index is 12.9. The van der Waals surface area contributed by atoms with Crippen LogP contribution in [0, 0.1) is 17.1 Å². The number of hydrogen-bond donors (Lipinski definition) is 1. The van der Waals surface area contributed by atoms with Crippen molar-refractivity contribution in [2.75, 3.05) is 7.05 Å². The van der Waals surface area contributed by atoms with Crippen LogP contribution < -0.4 is 5.32 Å². The lowest BCUT2D eigenvalue weighted by Crippen LogP contribution is -2.24. The molecule has 1 N–H and O–H groups in total. The van der Waals surface area contributed by atoms with Gasteiger partial charge in [0.25, 0.3) is 0 Å². The number of aliphatic imine (C=N–C) groups is 2. The van der Waals surface area contributed by atoms with E-state index in [9.17, 15) is 4.39 Å². The van der Waals surface area contributed by atoms with E-state index < -0.39 is 0 Å². The van der Waals surface area contributed by atoms with Gasteiger partial charge in [-0.05, 0) is 47.8 Å². The molecule has 1 aromatic carbocycles. The highest BCUT2D eigenvalue weighted by molar-refractivity contribution is 6.07. The molecule has 0 aliphatic carbocycles. The zero-order valence-corrected chi connectivity index (χ0v) is 14.0. The maximum absolute atomic E-state index is 12.9. The lowest BCUT2D eigenvalue weighted by atomic mass is 9.97. The minimum absolute atomic E-state index is 0.229. The number of rotatable bonds is 5. The van der Waals surface area contributed by atoms with Gasteiger partial charge in [0.2, 0.25) is 0 Å². The minimum Gasteiger partial charge on any atom is -0.369 e. The summed E-state index contributed by atoms with van der Waals surface area (Å²) in [6.07, 6.45) is 6.21. The highest BCUT2D eigenvalue weighted by Gasteiger charge is 2.11. The van der Waals surface area contributed by atoms with E-state index in [1.54, 1.807) is 19.2 Å². The molecule has 0 saturated carbocycles. The van der Waals surface area contributed by atoms with Crippen LogP contribution in [0.1, 0.15) is 31.7 Å². The van der Waals surface area contributed by atoms with Gasteiger partial charge in [-0.1, -0.05) is 19.1 Å². The number of nitriles is 1. The van der Waals surface area contributed by atoms with Crippen molar-refractivity contribution >= 4 is 11.5 Å². The quantitative estimate of drug-likeness (QED) is 0.834. The molecule has 0 fully saturated rings. The smallest absolute Gasteiger partial charge is 0.135 e. The predicted octanol–water partition coefficient (Wildman–Crippen LogP) is 3.92. The van der Waals surface area contributed by atoms with Gasteiger partial charge in [0, 0.05) is 26.2 Å². The van der Waals surface area contributed by atoms with Gasteiger partial charge in [0.1, 0.15) is 23.4 Å². The molecule has 1 aromatic rings. The zero-order valence-electron chi connectivity index (χ0n) is 14.0. The Balaban J connectivity index is 2.02. The molecule has 24 heavy (non-hydrogen) atoms. The summed E-state index contributed by atoms with van der Waals surface area (Å²) < 4.78 is 12.9. The third kappa shape index (κ3) is 4.88. The van der Waals surface area contributed by atoms with Gasteiger partial charge in [-0.25, -0.2) is 9.38 Å². The van der Waals surface area contributed by atoms with E-state index in [0.717, 1.165) is 41.8 Å². The number of allylic oxidation sites excluding steroid dienone is 3. The van der Waals surface area contributed by atoms with Crippen molar-refractivity contribution in [1.82, 2.24) is 5.32 Å². The number of halogens is 1. The van der Waals surface area contributed by atoms with Crippen molar-refractivity contribution < 1.29 is 4.39 Å². The summed E-state index contributed by atoms with van der Waals surface area (Å²) in [5.41, 5.74) is 3.68. The number of nitrogens with one attached hydrogen (secondary N) is 1. The molecular weight excluding hydrogens is 303 g/mol. The Hall–Kier alpha value is -2.74. The molecule has 2 rings (SSSR count). The highest BCUT2D eigenvalue weighted by atomic mass is 19.1. The second kappa shape index (κ2) is 8.78. The van der Waals surface area contributed by atoms with Crippen LogP contribution in [0.2, 0.25) is 0 Å². The SMILES string of the molecule is CC/C(=C\C(C#N)=N/C)C1=CN=C(NCc2ccc(F)cc2)CC1. The standard InChI is InChI=1S/C19H21FN4/c1-3-15(10-18(11-21)22-2)16-6-9-19(24-13-16)23-12-14-4-7-17(20)8-5-14/h4-5,7-8,10,13H,3,6,9,12H2,1-2H3,(H,23,24)/b15-10+,22-18+. The summed E-state index contributed by atoms with van der Waals surface area (Å²) >= 11 is 0. The Bertz CT molecular complexity index is 734. The summed E-state index contributed by atoms with van der Waals surface area (Å²) in [6, 6.07) is 8.52. The molecule has 0 amide bonds. The summed E-state index contributed by atoms with van der Waals surface area (Å²) in [5, 5.41) is 12.3. The fraction of sp³-hybridized carbons (Fsp3) is 0.316. The van der Waals surface area contributed by atoms with E-state index in [-0.39, 0.29) is 5.82 Å². The molecule has 0 atom stereocenters. The van der Waals surface area contributed by atoms with Crippen LogP contribution in [-0.2, 0) is 6.54 Å². The lowest BCUT2D eigenvalue weighted by molar-refractivity contribution is 0.626. The molecule has 0 aromatic heterocycles. The van der Waals surface area contributed by atoms with Gasteiger partial charge in [-0.2, -0.15) is 5.26 Å². The van der Waals surface area contributed by atoms with E-state index in [2.05, 4.69) is 28.3 Å². The van der Waals surface area contributed by atoms with Crippen molar-refractivity contribution in [2.45, 2.75) is 32.7 Å². The van der Waals surface area contributed by atoms with E-state index >= 15 is 0 Å². The van der Waals surface area contributed by atoms with Crippen molar-refractivity contribution in [2.24, 2.45) is 9.98 Å². The first-order chi connectivity index (χ1) is 11.7. The third-order valence-electron chi connectivity index (χ3n) is 3.88. The molecule has 5 heteroatoms. The maximum Gasteiger partial charge on any atom is 0.135 e. The third-order valence-corrected chi connectivity index (χ3v) is 3.88. The first-order valence-electron chi connectivity index (χ1n) is 7.98. The number of amidine groups is 1. The topological polar surface area (TPSA) is 60.5 Å². The average Bonchev–Trinajstić information content (AvgIpc) is 2.63. The molecule has 4 nitrogen and oxygen atoms in total. The Morgan fingerprint density at radius 2 is 2.12 bits per heavy atom. The Kier molecular flexibility index (Phi) is 6.44. The Morgan fingerprint density at radius 1 is 1.38 bits per heavy atom. The van der Waals surface area contributed by atoms with Gasteiger partial charge in [0.15, 0.2) is 0 Å². The second-order valence-electron chi connectivity index (χ2n) is 5.45. The summed E-state index contributed by atoms with van der Waals surface area (Å²) in [5.74, 6) is 0.691. The monoisotopic (exact) mass is 324 g/mol. The van der Waals surface area contributed by atoms with Crippen molar-refractivity contribution in [3.05, 3.63) is 59.1 Å². The molecule has 0 radical (unpaired) electrons.